The molecule has 3 aliphatic rings. The first-order valence-corrected chi connectivity index (χ1v) is 14.2. The fourth-order valence-corrected chi connectivity index (χ4v) is 7.30. The molecule has 2 aliphatic heterocycles. The fraction of sp³-hybridized carbons (Fsp3) is 0.179. The topological polar surface area (TPSA) is 37.4 Å². The van der Waals surface area contributed by atoms with Gasteiger partial charge in [-0.05, 0) is 81.1 Å². The molecule has 0 amide bonds. The number of fused-ring (bicyclic) bond motifs is 6. The van der Waals surface area contributed by atoms with Crippen LogP contribution >= 0.6 is 0 Å². The van der Waals surface area contributed by atoms with Gasteiger partial charge in [0, 0.05) is 22.0 Å². The van der Waals surface area contributed by atoms with E-state index in [4.69, 9.17) is 0 Å². The maximum Gasteiger partial charge on any atom is 0.197 e. The van der Waals surface area contributed by atoms with Crippen molar-refractivity contribution in [2.75, 3.05) is 4.90 Å². The minimum absolute atomic E-state index is 0. The molecule has 3 heteroatoms. The quantitative estimate of drug-likeness (QED) is 0.155. The van der Waals surface area contributed by atoms with Gasteiger partial charge in [0.25, 0.3) is 0 Å². The van der Waals surface area contributed by atoms with Gasteiger partial charge in [0.15, 0.2) is 11.6 Å². The highest BCUT2D eigenvalue weighted by atomic mass is 16.2. The highest BCUT2D eigenvalue weighted by Crippen LogP contribution is 2.60. The second-order valence-corrected chi connectivity index (χ2v) is 12.5. The van der Waals surface area contributed by atoms with Crippen LogP contribution < -0.4 is 4.90 Å². The summed E-state index contributed by atoms with van der Waals surface area (Å²) in [4.78, 5) is 29.7. The van der Waals surface area contributed by atoms with Crippen molar-refractivity contribution in [2.24, 2.45) is 0 Å². The van der Waals surface area contributed by atoms with E-state index < -0.39 is 0 Å². The summed E-state index contributed by atoms with van der Waals surface area (Å²) in [6.07, 6.45) is 1.82. The lowest BCUT2D eigenvalue weighted by Crippen LogP contribution is -2.38. The van der Waals surface area contributed by atoms with E-state index in [9.17, 15) is 9.59 Å². The molecule has 8 rings (SSSR count). The lowest BCUT2D eigenvalue weighted by atomic mass is 9.66. The molecule has 0 radical (unpaired) electrons. The Balaban J connectivity index is 0.00000288. The Bertz CT molecular complexity index is 1900. The Morgan fingerprint density at radius 1 is 0.571 bits per heavy atom. The zero-order chi connectivity index (χ0) is 28.3. The summed E-state index contributed by atoms with van der Waals surface area (Å²) in [5.41, 5.74) is 10.1. The predicted octanol–water partition coefficient (Wildman–Crippen LogP) is 9.69. The van der Waals surface area contributed by atoms with Gasteiger partial charge < -0.3 is 4.90 Å². The Morgan fingerprint density at radius 2 is 1.00 bits per heavy atom. The van der Waals surface area contributed by atoms with Crippen molar-refractivity contribution in [1.29, 1.82) is 0 Å². The third-order valence-electron chi connectivity index (χ3n) is 9.51. The van der Waals surface area contributed by atoms with Crippen molar-refractivity contribution >= 4 is 45.5 Å². The van der Waals surface area contributed by atoms with Crippen molar-refractivity contribution in [2.45, 2.75) is 46.0 Å². The standard InChI is InChI=1S/C38H29NO2.CH4/c1-37(2)28-13-7-9-15-32(28)39-33-16-10-8-14-29(33)38(3,4)31-19-22(18-30(37)34(31)39)17-27-35(40)25-20-23-11-5-6-12-24(23)21-26(25)36(27)41;/h5-21H,1-4H3;1H4. The first-order chi connectivity index (χ1) is 19.7. The second-order valence-electron chi connectivity index (χ2n) is 12.5. The van der Waals surface area contributed by atoms with Gasteiger partial charge in [-0.15, -0.1) is 0 Å². The smallest absolute Gasteiger partial charge is 0.197 e. The molecule has 3 nitrogen and oxygen atoms in total. The normalized spacial score (nSPS) is 16.8. The molecular formula is C39H33NO2. The van der Waals surface area contributed by atoms with Crippen molar-refractivity contribution in [1.82, 2.24) is 0 Å². The lowest BCUT2D eigenvalue weighted by molar-refractivity contribution is 0.0990. The molecule has 0 N–H and O–H groups in total. The number of carbonyl (C=O) groups is 2. The van der Waals surface area contributed by atoms with Crippen LogP contribution in [0.4, 0.5) is 17.1 Å². The van der Waals surface area contributed by atoms with E-state index in [1.165, 1.54) is 39.3 Å². The number of para-hydroxylation sites is 2. The number of Topliss-reactive ketones (excluding diaryl/α,β-unsaturated/α-hetero) is 2. The fourth-order valence-electron chi connectivity index (χ4n) is 7.30. The van der Waals surface area contributed by atoms with Crippen LogP contribution in [0.1, 0.15) is 83.7 Å². The van der Waals surface area contributed by atoms with Gasteiger partial charge in [0.1, 0.15) is 0 Å². The van der Waals surface area contributed by atoms with E-state index >= 15 is 0 Å². The summed E-state index contributed by atoms with van der Waals surface area (Å²) in [6.45, 7) is 9.10. The van der Waals surface area contributed by atoms with Crippen LogP contribution in [0.15, 0.2) is 103 Å². The lowest BCUT2D eigenvalue weighted by Gasteiger charge is -2.49. The number of nitrogens with zero attached hydrogens (tertiary/aromatic N) is 1. The number of allylic oxidation sites excluding steroid dienone is 1. The van der Waals surface area contributed by atoms with Gasteiger partial charge in [-0.3, -0.25) is 9.59 Å². The van der Waals surface area contributed by atoms with Gasteiger partial charge in [0.05, 0.1) is 22.6 Å². The van der Waals surface area contributed by atoms with Crippen LogP contribution in [-0.2, 0) is 10.8 Å². The van der Waals surface area contributed by atoms with Crippen molar-refractivity contribution in [3.05, 3.63) is 142 Å². The number of anilines is 3. The summed E-state index contributed by atoms with van der Waals surface area (Å²) < 4.78 is 0. The molecule has 0 aromatic heterocycles. The summed E-state index contributed by atoms with van der Waals surface area (Å²) in [7, 11) is 0. The van der Waals surface area contributed by atoms with Gasteiger partial charge >= 0.3 is 0 Å². The molecule has 0 saturated heterocycles. The van der Waals surface area contributed by atoms with Crippen LogP contribution in [0, 0.1) is 0 Å². The maximum atomic E-state index is 13.6. The van der Waals surface area contributed by atoms with Crippen molar-refractivity contribution < 1.29 is 9.59 Å². The molecular weight excluding hydrogens is 514 g/mol. The number of hydrogen-bond donors (Lipinski definition) is 0. The number of carbonyl (C=O) groups excluding carboxylic acids is 2. The predicted molar refractivity (Wildman–Crippen MR) is 173 cm³/mol. The number of benzene rings is 5. The molecule has 5 aromatic rings. The van der Waals surface area contributed by atoms with Crippen LogP contribution in [0.2, 0.25) is 0 Å². The molecule has 0 spiro atoms. The Hall–Kier alpha value is -4.76. The summed E-state index contributed by atoms with van der Waals surface area (Å²) in [6, 6.07) is 33.3. The average molecular weight is 548 g/mol. The zero-order valence-corrected chi connectivity index (χ0v) is 23.6. The molecule has 1 aliphatic carbocycles. The van der Waals surface area contributed by atoms with E-state index in [0.29, 0.717) is 11.1 Å². The van der Waals surface area contributed by atoms with Gasteiger partial charge in [-0.1, -0.05) is 95.8 Å². The minimum Gasteiger partial charge on any atom is -0.309 e. The molecule has 206 valence electrons. The van der Waals surface area contributed by atoms with Crippen LogP contribution in [0.5, 0.6) is 0 Å². The van der Waals surface area contributed by atoms with E-state index in [2.05, 4.69) is 93.3 Å². The summed E-state index contributed by atoms with van der Waals surface area (Å²) >= 11 is 0. The number of rotatable bonds is 1. The SMILES string of the molecule is C.CC1(C)c2ccccc2N2c3ccccc3C(C)(C)c3cc(C=C4C(=O)c5cc6ccccc6cc5C4=O)cc1c32. The average Bonchev–Trinajstić information content (AvgIpc) is 3.20. The number of ketones is 2. The van der Waals surface area contributed by atoms with Crippen LogP contribution in [-0.4, -0.2) is 11.6 Å². The molecule has 0 atom stereocenters. The monoisotopic (exact) mass is 547 g/mol. The van der Waals surface area contributed by atoms with Gasteiger partial charge in [-0.25, -0.2) is 0 Å². The zero-order valence-electron chi connectivity index (χ0n) is 23.6. The number of hydrogen-bond acceptors (Lipinski definition) is 3. The Labute approximate surface area is 247 Å². The van der Waals surface area contributed by atoms with Crippen molar-refractivity contribution in [3.63, 3.8) is 0 Å². The maximum absolute atomic E-state index is 13.6. The molecule has 0 bridgehead atoms. The van der Waals surface area contributed by atoms with E-state index in [-0.39, 0.29) is 35.4 Å². The first-order valence-electron chi connectivity index (χ1n) is 14.2. The molecule has 2 heterocycles. The van der Waals surface area contributed by atoms with E-state index in [0.717, 1.165) is 16.3 Å². The highest BCUT2D eigenvalue weighted by Gasteiger charge is 2.45. The second kappa shape index (κ2) is 8.62. The van der Waals surface area contributed by atoms with E-state index in [1.807, 2.05) is 42.5 Å². The van der Waals surface area contributed by atoms with Crippen LogP contribution in [0.25, 0.3) is 16.8 Å². The van der Waals surface area contributed by atoms with Gasteiger partial charge in [-0.2, -0.15) is 0 Å². The third-order valence-corrected chi connectivity index (χ3v) is 9.51. The summed E-state index contributed by atoms with van der Waals surface area (Å²) in [5.74, 6) is -0.393. The van der Waals surface area contributed by atoms with Crippen LogP contribution in [0.3, 0.4) is 0 Å². The minimum atomic E-state index is -0.279. The van der Waals surface area contributed by atoms with E-state index in [1.54, 1.807) is 0 Å². The molecule has 0 fully saturated rings. The Morgan fingerprint density at radius 3 is 1.48 bits per heavy atom. The Kier molecular flexibility index (Phi) is 5.37. The van der Waals surface area contributed by atoms with Gasteiger partial charge in [0.2, 0.25) is 0 Å². The molecule has 5 aromatic carbocycles. The highest BCUT2D eigenvalue weighted by molar-refractivity contribution is 6.42. The molecule has 42 heavy (non-hydrogen) atoms. The first kappa shape index (κ1) is 26.2. The molecule has 0 saturated carbocycles. The summed E-state index contributed by atoms with van der Waals surface area (Å²) in [5, 5.41) is 1.93. The molecule has 0 unspecified atom stereocenters. The third kappa shape index (κ3) is 3.28. The largest absolute Gasteiger partial charge is 0.309 e. The van der Waals surface area contributed by atoms with Crippen molar-refractivity contribution in [3.8, 4) is 0 Å².